The van der Waals surface area contributed by atoms with E-state index in [0.29, 0.717) is 38.2 Å². The number of fused-ring (bicyclic) bond motifs is 2. The van der Waals surface area contributed by atoms with Crippen molar-refractivity contribution in [2.45, 2.75) is 56.4 Å². The number of amides is 2. The Bertz CT molecular complexity index is 951. The van der Waals surface area contributed by atoms with Gasteiger partial charge in [0.2, 0.25) is 11.8 Å². The van der Waals surface area contributed by atoms with E-state index in [9.17, 15) is 23.6 Å². The van der Waals surface area contributed by atoms with Crippen molar-refractivity contribution < 1.29 is 18.4 Å². The first-order valence-corrected chi connectivity index (χ1v) is 11.9. The van der Waals surface area contributed by atoms with Gasteiger partial charge in [-0.3, -0.25) is 18.7 Å². The molecular weight excluding hydrogens is 432 g/mol. The molecule has 2 bridgehead atoms. The van der Waals surface area contributed by atoms with Crippen molar-refractivity contribution in [2.75, 3.05) is 24.4 Å². The third-order valence-electron chi connectivity index (χ3n) is 6.76. The maximum absolute atomic E-state index is 13.1. The number of carbonyl (C=O) groups is 2. The van der Waals surface area contributed by atoms with Crippen LogP contribution in [0, 0.1) is 11.3 Å². The molecule has 1 unspecified atom stereocenters. The second kappa shape index (κ2) is 9.15. The van der Waals surface area contributed by atoms with Crippen molar-refractivity contribution in [3.05, 3.63) is 29.8 Å². The number of nitrogens with one attached hydrogen (secondary N) is 1. The highest BCUT2D eigenvalue weighted by molar-refractivity contribution is 7.80. The third kappa shape index (κ3) is 4.23. The van der Waals surface area contributed by atoms with E-state index in [-0.39, 0.29) is 29.9 Å². The summed E-state index contributed by atoms with van der Waals surface area (Å²) in [5, 5.41) is 9.22. The van der Waals surface area contributed by atoms with Crippen LogP contribution in [0.15, 0.2) is 24.3 Å². The summed E-state index contributed by atoms with van der Waals surface area (Å²) in [5.74, 6) is -0.199. The van der Waals surface area contributed by atoms with E-state index in [2.05, 4.69) is 10.8 Å². The van der Waals surface area contributed by atoms with Gasteiger partial charge in [0, 0.05) is 42.6 Å². The quantitative estimate of drug-likeness (QED) is 0.549. The van der Waals surface area contributed by atoms with E-state index in [1.54, 1.807) is 17.0 Å². The fraction of sp³-hybridized carbons (Fsp3) is 0.571. The fourth-order valence-electron chi connectivity index (χ4n) is 5.19. The lowest BCUT2D eigenvalue weighted by Crippen LogP contribution is -2.56. The minimum Gasteiger partial charge on any atom is -0.755 e. The van der Waals surface area contributed by atoms with Crippen molar-refractivity contribution in [1.82, 2.24) is 14.7 Å². The van der Waals surface area contributed by atoms with Crippen LogP contribution in [-0.2, 0) is 20.9 Å². The Morgan fingerprint density at radius 3 is 2.75 bits per heavy atom. The van der Waals surface area contributed by atoms with Crippen molar-refractivity contribution >= 4 is 28.8 Å². The van der Waals surface area contributed by atoms with E-state index in [1.165, 1.54) is 0 Å². The van der Waals surface area contributed by atoms with Crippen molar-refractivity contribution in [1.29, 1.82) is 5.26 Å². The maximum atomic E-state index is 13.1. The topological polar surface area (TPSA) is 146 Å². The van der Waals surface area contributed by atoms with Crippen molar-refractivity contribution in [3.8, 4) is 6.07 Å². The summed E-state index contributed by atoms with van der Waals surface area (Å²) in [5.41, 5.74) is 7.57. The number of anilines is 1. The van der Waals surface area contributed by atoms with Gasteiger partial charge in [-0.2, -0.15) is 5.26 Å². The molecule has 32 heavy (non-hydrogen) atoms. The lowest BCUT2D eigenvalue weighted by molar-refractivity contribution is -0.140. The van der Waals surface area contributed by atoms with Gasteiger partial charge in [-0.1, -0.05) is 12.1 Å². The second-order valence-electron chi connectivity index (χ2n) is 8.66. The number of nitrogens with zero attached hydrogens (tertiary/aromatic N) is 4. The van der Waals surface area contributed by atoms with Crippen molar-refractivity contribution in [3.63, 3.8) is 0 Å². The minimum absolute atomic E-state index is 0.0207. The van der Waals surface area contributed by atoms with Gasteiger partial charge in [0.1, 0.15) is 6.04 Å². The molecule has 0 saturated carbocycles. The summed E-state index contributed by atoms with van der Waals surface area (Å²) in [4.78, 5) is 31.3. The number of hydrogen-bond donors (Lipinski definition) is 2. The smallest absolute Gasteiger partial charge is 0.241 e. The zero-order chi connectivity index (χ0) is 23.0. The second-order valence-corrected chi connectivity index (χ2v) is 9.34. The van der Waals surface area contributed by atoms with Crippen LogP contribution in [0.5, 0.6) is 0 Å². The predicted octanol–water partition coefficient (Wildman–Crippen LogP) is 0.0806. The number of hydrogen-bond acceptors (Lipinski definition) is 7. The highest BCUT2D eigenvalue weighted by Gasteiger charge is 2.51. The zero-order valence-electron chi connectivity index (χ0n) is 17.8. The molecule has 3 heterocycles. The average molecular weight is 460 g/mol. The van der Waals surface area contributed by atoms with Crippen LogP contribution >= 0.6 is 0 Å². The maximum Gasteiger partial charge on any atom is 0.241 e. The van der Waals surface area contributed by atoms with E-state index < -0.39 is 23.4 Å². The first-order valence-electron chi connectivity index (χ1n) is 10.8. The average Bonchev–Trinajstić information content (AvgIpc) is 3.47. The van der Waals surface area contributed by atoms with Gasteiger partial charge in [0.25, 0.3) is 0 Å². The Morgan fingerprint density at radius 2 is 2.12 bits per heavy atom. The molecule has 0 aromatic heterocycles. The molecule has 0 aliphatic carbocycles. The first-order chi connectivity index (χ1) is 15.3. The summed E-state index contributed by atoms with van der Waals surface area (Å²) in [6.45, 7) is 3.47. The Hall–Kier alpha value is -2.52. The fourth-order valence-corrected chi connectivity index (χ4v) is 5.52. The largest absolute Gasteiger partial charge is 0.755 e. The highest BCUT2D eigenvalue weighted by atomic mass is 32.2. The summed E-state index contributed by atoms with van der Waals surface area (Å²) in [7, 11) is 0. The van der Waals surface area contributed by atoms with Crippen LogP contribution in [-0.4, -0.2) is 79.1 Å². The van der Waals surface area contributed by atoms with Crippen LogP contribution in [0.2, 0.25) is 0 Å². The monoisotopic (exact) mass is 459 g/mol. The Balaban J connectivity index is 1.37. The third-order valence-corrected chi connectivity index (χ3v) is 7.16. The van der Waals surface area contributed by atoms with E-state index >= 15 is 0 Å². The number of nitrogens with two attached hydrogens (primary N) is 1. The molecule has 1 aromatic rings. The van der Waals surface area contributed by atoms with E-state index in [0.717, 1.165) is 12.0 Å². The van der Waals surface area contributed by atoms with E-state index in [4.69, 9.17) is 5.73 Å². The van der Waals surface area contributed by atoms with Gasteiger partial charge >= 0.3 is 0 Å². The Labute approximate surface area is 189 Å². The summed E-state index contributed by atoms with van der Waals surface area (Å²) >= 11 is -2.38. The molecular formula is C21H27N6O4S-. The predicted molar refractivity (Wildman–Crippen MR) is 116 cm³/mol. The highest BCUT2D eigenvalue weighted by Crippen LogP contribution is 2.38. The molecule has 2 amide bonds. The molecule has 3 saturated heterocycles. The van der Waals surface area contributed by atoms with Crippen LogP contribution in [0.4, 0.5) is 5.69 Å². The van der Waals surface area contributed by atoms with Gasteiger partial charge < -0.3 is 24.8 Å². The molecule has 172 valence electrons. The standard InChI is InChI=1S/C21H28N6O4S/c1-13(14-4-6-15(7-5-14)24-32(30)31)27-17-9-19(21(27)29)25(11-17)12-18(23)20(28)26-8-2-3-16(26)10-22/h4-7,13,16-19,24H,2-3,8-9,11-12,23H2,1H3,(H,30,31)/p-1/t13-,16-,17+,18-,19+/m0/s1. The molecule has 3 aliphatic heterocycles. The van der Waals surface area contributed by atoms with Crippen LogP contribution in [0.3, 0.4) is 0 Å². The van der Waals surface area contributed by atoms with Crippen LogP contribution < -0.4 is 10.5 Å². The lowest BCUT2D eigenvalue weighted by Gasteiger charge is -2.38. The number of likely N-dealkylation sites (tertiary alicyclic amines) is 3. The van der Waals surface area contributed by atoms with Gasteiger partial charge in [-0.15, -0.1) is 0 Å². The summed E-state index contributed by atoms with van der Waals surface area (Å²) in [6, 6.07) is 7.56. The SMILES string of the molecule is C[C@@H](c1ccc(NS(=O)[O-])cc1)N1C(=O)[C@H]2C[C@@H]1CN2C[C@H](N)C(=O)N1CCC[C@H]1C#N. The molecule has 10 nitrogen and oxygen atoms in total. The molecule has 3 fully saturated rings. The van der Waals surface area contributed by atoms with Gasteiger partial charge in [-0.25, -0.2) is 0 Å². The van der Waals surface area contributed by atoms with E-state index in [1.807, 2.05) is 28.9 Å². The summed E-state index contributed by atoms with van der Waals surface area (Å²) in [6.07, 6.45) is 2.19. The molecule has 0 spiro atoms. The van der Waals surface area contributed by atoms with Crippen molar-refractivity contribution in [2.24, 2.45) is 5.73 Å². The molecule has 0 radical (unpaired) electrons. The zero-order valence-corrected chi connectivity index (χ0v) is 18.7. The Morgan fingerprint density at radius 1 is 1.41 bits per heavy atom. The molecule has 4 rings (SSSR count). The lowest BCUT2D eigenvalue weighted by atomic mass is 10.0. The summed E-state index contributed by atoms with van der Waals surface area (Å²) < 4.78 is 23.8. The van der Waals surface area contributed by atoms with Gasteiger partial charge in [0.05, 0.1) is 24.2 Å². The van der Waals surface area contributed by atoms with Gasteiger partial charge in [-0.05, 0) is 43.9 Å². The normalized spacial score (nSPS) is 27.9. The van der Waals surface area contributed by atoms with Crippen LogP contribution in [0.25, 0.3) is 0 Å². The Kier molecular flexibility index (Phi) is 6.48. The van der Waals surface area contributed by atoms with Gasteiger partial charge in [0.15, 0.2) is 0 Å². The molecule has 3 N–H and O–H groups in total. The number of benzene rings is 1. The molecule has 6 atom stereocenters. The van der Waals surface area contributed by atoms with Crippen LogP contribution in [0.1, 0.15) is 37.8 Å². The minimum atomic E-state index is -2.38. The number of rotatable bonds is 7. The number of carbonyl (C=O) groups excluding carboxylic acids is 2. The number of piperazine rings is 1. The molecule has 3 aliphatic rings. The first kappa shape index (κ1) is 22.7. The number of nitriles is 1. The molecule has 11 heteroatoms. The molecule has 1 aromatic carbocycles.